The zero-order chi connectivity index (χ0) is 17.1. The molecule has 1 aliphatic rings. The van der Waals surface area contributed by atoms with E-state index in [1.54, 1.807) is 13.2 Å². The molecule has 0 saturated carbocycles. The first-order valence-corrected chi connectivity index (χ1v) is 10.3. The number of halogens is 1. The van der Waals surface area contributed by atoms with Crippen LogP contribution in [0.5, 0.6) is 0 Å². The van der Waals surface area contributed by atoms with Crippen LogP contribution in [0.3, 0.4) is 0 Å². The SMILES string of the molecule is COCC1(CNS(=O)(=O)c2ccc(C(C)(C)C)s2)CCNCC1.Cl. The van der Waals surface area contributed by atoms with Gasteiger partial charge in [-0.2, -0.15) is 0 Å². The lowest BCUT2D eigenvalue weighted by molar-refractivity contribution is 0.0577. The minimum atomic E-state index is -3.46. The molecule has 1 saturated heterocycles. The molecule has 0 bridgehead atoms. The number of thiophene rings is 1. The maximum Gasteiger partial charge on any atom is 0.250 e. The molecule has 1 aromatic heterocycles. The van der Waals surface area contributed by atoms with Gasteiger partial charge in [0.15, 0.2) is 0 Å². The second-order valence-corrected chi connectivity index (χ2v) is 10.5. The fourth-order valence-electron chi connectivity index (χ4n) is 2.82. The van der Waals surface area contributed by atoms with Crippen LogP contribution in [0, 0.1) is 5.41 Å². The third-order valence-corrected chi connectivity index (χ3v) is 7.74. The molecular formula is C16H29ClN2O3S2. The van der Waals surface area contributed by atoms with Crippen molar-refractivity contribution in [1.82, 2.24) is 10.0 Å². The van der Waals surface area contributed by atoms with Crippen LogP contribution in [0.25, 0.3) is 0 Å². The summed E-state index contributed by atoms with van der Waals surface area (Å²) in [6.45, 7) is 9.07. The smallest absolute Gasteiger partial charge is 0.250 e. The summed E-state index contributed by atoms with van der Waals surface area (Å²) < 4.78 is 33.8. The molecule has 2 N–H and O–H groups in total. The molecule has 0 atom stereocenters. The van der Waals surface area contributed by atoms with E-state index >= 15 is 0 Å². The highest BCUT2D eigenvalue weighted by Crippen LogP contribution is 2.33. The maximum absolute atomic E-state index is 12.6. The first-order valence-electron chi connectivity index (χ1n) is 7.98. The molecule has 1 aromatic rings. The van der Waals surface area contributed by atoms with Gasteiger partial charge >= 0.3 is 0 Å². The Kier molecular flexibility index (Phi) is 7.71. The molecule has 0 aromatic carbocycles. The number of rotatable bonds is 6. The molecule has 2 rings (SSSR count). The van der Waals surface area contributed by atoms with Gasteiger partial charge in [0.2, 0.25) is 10.0 Å². The number of nitrogens with one attached hydrogen (secondary N) is 2. The van der Waals surface area contributed by atoms with Crippen molar-refractivity contribution in [3.63, 3.8) is 0 Å². The van der Waals surface area contributed by atoms with Gasteiger partial charge in [-0.3, -0.25) is 0 Å². The molecule has 5 nitrogen and oxygen atoms in total. The lowest BCUT2D eigenvalue weighted by atomic mass is 9.80. The molecule has 0 radical (unpaired) electrons. The van der Waals surface area contributed by atoms with Gasteiger partial charge in [-0.05, 0) is 43.5 Å². The Labute approximate surface area is 156 Å². The number of methoxy groups -OCH3 is 1. The lowest BCUT2D eigenvalue weighted by Crippen LogP contribution is -2.47. The molecule has 1 aliphatic heterocycles. The van der Waals surface area contributed by atoms with Crippen molar-refractivity contribution in [3.05, 3.63) is 17.0 Å². The van der Waals surface area contributed by atoms with Crippen molar-refractivity contribution >= 4 is 33.8 Å². The van der Waals surface area contributed by atoms with E-state index < -0.39 is 10.0 Å². The van der Waals surface area contributed by atoms with Crippen LogP contribution < -0.4 is 10.0 Å². The zero-order valence-electron chi connectivity index (χ0n) is 14.8. The van der Waals surface area contributed by atoms with Gasteiger partial charge in [-0.15, -0.1) is 23.7 Å². The molecule has 0 aliphatic carbocycles. The van der Waals surface area contributed by atoms with Crippen LogP contribution in [0.2, 0.25) is 0 Å². The predicted molar refractivity (Wildman–Crippen MR) is 102 cm³/mol. The van der Waals surface area contributed by atoms with E-state index in [1.165, 1.54) is 11.3 Å². The highest BCUT2D eigenvalue weighted by atomic mass is 35.5. The lowest BCUT2D eigenvalue weighted by Gasteiger charge is -2.37. The Morgan fingerprint density at radius 2 is 1.92 bits per heavy atom. The van der Waals surface area contributed by atoms with E-state index in [4.69, 9.17) is 4.74 Å². The van der Waals surface area contributed by atoms with Crippen LogP contribution in [-0.4, -0.2) is 41.8 Å². The first-order chi connectivity index (χ1) is 10.7. The highest BCUT2D eigenvalue weighted by Gasteiger charge is 2.34. The molecule has 8 heteroatoms. The van der Waals surface area contributed by atoms with E-state index in [2.05, 4.69) is 30.8 Å². The monoisotopic (exact) mass is 396 g/mol. The summed E-state index contributed by atoms with van der Waals surface area (Å²) in [6.07, 6.45) is 1.84. The summed E-state index contributed by atoms with van der Waals surface area (Å²) in [7, 11) is -1.79. The Morgan fingerprint density at radius 1 is 1.29 bits per heavy atom. The summed E-state index contributed by atoms with van der Waals surface area (Å²) in [6, 6.07) is 3.62. The molecular weight excluding hydrogens is 368 g/mol. The molecule has 0 amide bonds. The van der Waals surface area contributed by atoms with Crippen molar-refractivity contribution < 1.29 is 13.2 Å². The molecule has 0 spiro atoms. The molecule has 24 heavy (non-hydrogen) atoms. The van der Waals surface area contributed by atoms with Gasteiger partial charge < -0.3 is 10.1 Å². The van der Waals surface area contributed by atoms with E-state index in [0.717, 1.165) is 30.8 Å². The Balaban J connectivity index is 0.00000288. The highest BCUT2D eigenvalue weighted by molar-refractivity contribution is 7.91. The van der Waals surface area contributed by atoms with Gasteiger partial charge in [0.25, 0.3) is 0 Å². The number of ether oxygens (including phenoxy) is 1. The number of hydrogen-bond acceptors (Lipinski definition) is 5. The fraction of sp³-hybridized carbons (Fsp3) is 0.750. The third-order valence-electron chi connectivity index (χ3n) is 4.34. The van der Waals surface area contributed by atoms with Crippen molar-refractivity contribution in [2.75, 3.05) is 33.4 Å². The summed E-state index contributed by atoms with van der Waals surface area (Å²) in [5, 5.41) is 3.32. The number of piperidine rings is 1. The van der Waals surface area contributed by atoms with Crippen molar-refractivity contribution in [2.45, 2.75) is 43.2 Å². The van der Waals surface area contributed by atoms with Gasteiger partial charge in [0.1, 0.15) is 4.21 Å². The third kappa shape index (κ3) is 5.41. The topological polar surface area (TPSA) is 67.4 Å². The average molecular weight is 397 g/mol. The van der Waals surface area contributed by atoms with Crippen molar-refractivity contribution in [3.8, 4) is 0 Å². The van der Waals surface area contributed by atoms with E-state index in [1.807, 2.05) is 6.07 Å². The largest absolute Gasteiger partial charge is 0.384 e. The van der Waals surface area contributed by atoms with E-state index in [0.29, 0.717) is 17.4 Å². The Bertz CT molecular complexity index is 612. The molecule has 2 heterocycles. The van der Waals surface area contributed by atoms with Crippen LogP contribution in [0.4, 0.5) is 0 Å². The normalized spacial score (nSPS) is 18.2. The minimum absolute atomic E-state index is 0. The summed E-state index contributed by atoms with van der Waals surface area (Å²) in [5.74, 6) is 0. The number of hydrogen-bond donors (Lipinski definition) is 2. The van der Waals surface area contributed by atoms with Crippen molar-refractivity contribution in [1.29, 1.82) is 0 Å². The van der Waals surface area contributed by atoms with E-state index in [-0.39, 0.29) is 23.2 Å². The maximum atomic E-state index is 12.6. The van der Waals surface area contributed by atoms with Gasteiger partial charge in [0, 0.05) is 23.9 Å². The first kappa shape index (κ1) is 21.9. The fourth-order valence-corrected chi connectivity index (χ4v) is 5.39. The Hall–Kier alpha value is -0.180. The van der Waals surface area contributed by atoms with E-state index in [9.17, 15) is 8.42 Å². The average Bonchev–Trinajstić information content (AvgIpc) is 2.98. The minimum Gasteiger partial charge on any atom is -0.384 e. The zero-order valence-corrected chi connectivity index (χ0v) is 17.3. The molecule has 1 fully saturated rings. The second kappa shape index (κ2) is 8.47. The standard InChI is InChI=1S/C16H28N2O3S2.ClH/c1-15(2,3)13-5-6-14(22-13)23(19,20)18-11-16(12-21-4)7-9-17-10-8-16;/h5-6,17-18H,7-12H2,1-4H3;1H. The van der Waals surface area contributed by atoms with Gasteiger partial charge in [-0.1, -0.05) is 20.8 Å². The van der Waals surface area contributed by atoms with Crippen LogP contribution >= 0.6 is 23.7 Å². The number of sulfonamides is 1. The summed E-state index contributed by atoms with van der Waals surface area (Å²) >= 11 is 1.35. The van der Waals surface area contributed by atoms with Gasteiger partial charge in [-0.25, -0.2) is 13.1 Å². The summed E-state index contributed by atoms with van der Waals surface area (Å²) in [5.41, 5.74) is -0.151. The summed E-state index contributed by atoms with van der Waals surface area (Å²) in [4.78, 5) is 1.08. The van der Waals surface area contributed by atoms with Crippen molar-refractivity contribution in [2.24, 2.45) is 5.41 Å². The second-order valence-electron chi connectivity index (χ2n) is 7.38. The molecule has 140 valence electrons. The quantitative estimate of drug-likeness (QED) is 0.775. The Morgan fingerprint density at radius 3 is 2.42 bits per heavy atom. The predicted octanol–water partition coefficient (Wildman–Crippen LogP) is 2.76. The van der Waals surface area contributed by atoms with Crippen LogP contribution in [-0.2, 0) is 20.2 Å². The van der Waals surface area contributed by atoms with Crippen LogP contribution in [0.1, 0.15) is 38.5 Å². The molecule has 0 unspecified atom stereocenters. The van der Waals surface area contributed by atoms with Crippen LogP contribution in [0.15, 0.2) is 16.3 Å². The van der Waals surface area contributed by atoms with Gasteiger partial charge in [0.05, 0.1) is 6.61 Å².